The summed E-state index contributed by atoms with van der Waals surface area (Å²) in [5, 5.41) is 18.7. The van der Waals surface area contributed by atoms with E-state index < -0.39 is 0 Å². The van der Waals surface area contributed by atoms with Crippen molar-refractivity contribution in [2.75, 3.05) is 35.2 Å². The number of rotatable bonds is 8. The first-order chi connectivity index (χ1) is 15.7. The van der Waals surface area contributed by atoms with Gasteiger partial charge in [0.2, 0.25) is 11.9 Å². The molecule has 0 spiro atoms. The molecule has 166 valence electrons. The van der Waals surface area contributed by atoms with Crippen molar-refractivity contribution in [1.29, 1.82) is 5.26 Å². The Morgan fingerprint density at radius 1 is 1.22 bits per heavy atom. The standard InChI is InChI=1S/C23H26N6O2S/c1-18-9-12-27(13-10-18)22-25-26-23(29(22)16-20-8-5-15-31-20)32-17-21(30)28(14-11-24)19-6-3-2-4-7-19/h2-8,15,18H,9-10,12-14,16-17H2,1H3. The monoisotopic (exact) mass is 450 g/mol. The van der Waals surface area contributed by atoms with Gasteiger partial charge in [0.05, 0.1) is 24.6 Å². The Labute approximate surface area is 191 Å². The second-order valence-corrected chi connectivity index (χ2v) is 8.82. The molecule has 9 heteroatoms. The van der Waals surface area contributed by atoms with Gasteiger partial charge >= 0.3 is 0 Å². The molecule has 0 N–H and O–H groups in total. The van der Waals surface area contributed by atoms with Crippen molar-refractivity contribution in [3.05, 3.63) is 54.5 Å². The first kappa shape index (κ1) is 22.0. The Hall–Kier alpha value is -3.25. The van der Waals surface area contributed by atoms with Crippen LogP contribution in [0.15, 0.2) is 58.3 Å². The van der Waals surface area contributed by atoms with Gasteiger partial charge in [-0.05, 0) is 43.0 Å². The summed E-state index contributed by atoms with van der Waals surface area (Å²) in [7, 11) is 0. The molecular formula is C23H26N6O2S. The van der Waals surface area contributed by atoms with Crippen molar-refractivity contribution >= 4 is 29.3 Å². The number of carbonyl (C=O) groups excluding carboxylic acids is 1. The van der Waals surface area contributed by atoms with Gasteiger partial charge in [0.25, 0.3) is 0 Å². The van der Waals surface area contributed by atoms with Gasteiger partial charge in [-0.3, -0.25) is 14.3 Å². The average Bonchev–Trinajstić information content (AvgIpc) is 3.47. The number of benzene rings is 1. The van der Waals surface area contributed by atoms with Crippen LogP contribution in [-0.2, 0) is 11.3 Å². The summed E-state index contributed by atoms with van der Waals surface area (Å²) in [6, 6.07) is 15.1. The van der Waals surface area contributed by atoms with Crippen molar-refractivity contribution in [2.45, 2.75) is 31.5 Å². The van der Waals surface area contributed by atoms with Crippen LogP contribution in [0.3, 0.4) is 0 Å². The van der Waals surface area contributed by atoms with E-state index in [2.05, 4.69) is 28.1 Å². The maximum Gasteiger partial charge on any atom is 0.238 e. The van der Waals surface area contributed by atoms with Crippen LogP contribution in [0.2, 0.25) is 0 Å². The minimum absolute atomic E-state index is 0.000293. The molecular weight excluding hydrogens is 424 g/mol. The summed E-state index contributed by atoms with van der Waals surface area (Å²) < 4.78 is 7.58. The Morgan fingerprint density at radius 3 is 2.69 bits per heavy atom. The summed E-state index contributed by atoms with van der Waals surface area (Å²) in [4.78, 5) is 16.7. The first-order valence-corrected chi connectivity index (χ1v) is 11.7. The number of hydrogen-bond donors (Lipinski definition) is 0. The molecule has 1 fully saturated rings. The van der Waals surface area contributed by atoms with E-state index in [0.29, 0.717) is 23.3 Å². The smallest absolute Gasteiger partial charge is 0.238 e. The van der Waals surface area contributed by atoms with E-state index >= 15 is 0 Å². The molecule has 0 atom stereocenters. The Kier molecular flexibility index (Phi) is 7.12. The van der Waals surface area contributed by atoms with E-state index in [0.717, 1.165) is 37.6 Å². The third-order valence-electron chi connectivity index (χ3n) is 5.58. The highest BCUT2D eigenvalue weighted by Crippen LogP contribution is 2.27. The molecule has 0 saturated carbocycles. The largest absolute Gasteiger partial charge is 0.467 e. The van der Waals surface area contributed by atoms with Gasteiger partial charge in [0.1, 0.15) is 12.3 Å². The molecule has 0 radical (unpaired) electrons. The number of nitriles is 1. The number of amides is 1. The highest BCUT2D eigenvalue weighted by atomic mass is 32.2. The summed E-state index contributed by atoms with van der Waals surface area (Å²) in [5.74, 6) is 2.33. The lowest BCUT2D eigenvalue weighted by molar-refractivity contribution is -0.116. The van der Waals surface area contributed by atoms with Crippen molar-refractivity contribution in [3.8, 4) is 6.07 Å². The maximum absolute atomic E-state index is 12.9. The van der Waals surface area contributed by atoms with Gasteiger partial charge in [-0.2, -0.15) is 5.26 Å². The minimum atomic E-state index is -0.149. The topological polar surface area (TPSA) is 91.2 Å². The second-order valence-electron chi connectivity index (χ2n) is 7.88. The zero-order chi connectivity index (χ0) is 22.3. The van der Waals surface area contributed by atoms with E-state index in [4.69, 9.17) is 4.42 Å². The third-order valence-corrected chi connectivity index (χ3v) is 6.53. The average molecular weight is 451 g/mol. The Morgan fingerprint density at radius 2 is 2.00 bits per heavy atom. The number of aromatic nitrogens is 3. The molecule has 4 rings (SSSR count). The molecule has 1 aromatic carbocycles. The van der Waals surface area contributed by atoms with Crippen LogP contribution in [0, 0.1) is 17.2 Å². The highest BCUT2D eigenvalue weighted by molar-refractivity contribution is 7.99. The van der Waals surface area contributed by atoms with Gasteiger partial charge in [0.15, 0.2) is 5.16 Å². The van der Waals surface area contributed by atoms with Crippen LogP contribution in [0.1, 0.15) is 25.5 Å². The molecule has 1 aliphatic heterocycles. The van der Waals surface area contributed by atoms with Crippen molar-refractivity contribution in [3.63, 3.8) is 0 Å². The Balaban J connectivity index is 1.52. The summed E-state index contributed by atoms with van der Waals surface area (Å²) in [6.07, 6.45) is 3.89. The van der Waals surface area contributed by atoms with Gasteiger partial charge in [-0.25, -0.2) is 0 Å². The number of nitrogens with zero attached hydrogens (tertiary/aromatic N) is 6. The van der Waals surface area contributed by atoms with Crippen LogP contribution in [0.25, 0.3) is 0 Å². The molecule has 1 saturated heterocycles. The van der Waals surface area contributed by atoms with Gasteiger partial charge in [-0.1, -0.05) is 36.9 Å². The zero-order valence-corrected chi connectivity index (χ0v) is 18.9. The summed E-state index contributed by atoms with van der Waals surface area (Å²) in [6.45, 7) is 4.64. The van der Waals surface area contributed by atoms with Gasteiger partial charge in [-0.15, -0.1) is 10.2 Å². The quantitative estimate of drug-likeness (QED) is 0.381. The fraction of sp³-hybridized carbons (Fsp3) is 0.391. The van der Waals surface area contributed by atoms with E-state index in [1.807, 2.05) is 47.0 Å². The molecule has 8 nitrogen and oxygen atoms in total. The van der Waals surface area contributed by atoms with Crippen molar-refractivity contribution in [2.24, 2.45) is 5.92 Å². The molecule has 0 aliphatic carbocycles. The molecule has 3 aromatic rings. The number of carbonyl (C=O) groups is 1. The number of furan rings is 1. The molecule has 2 aromatic heterocycles. The highest BCUT2D eigenvalue weighted by Gasteiger charge is 2.24. The first-order valence-electron chi connectivity index (χ1n) is 10.7. The Bertz CT molecular complexity index is 1050. The van der Waals surface area contributed by atoms with E-state index in [1.165, 1.54) is 16.7 Å². The number of thioether (sulfide) groups is 1. The lowest BCUT2D eigenvalue weighted by atomic mass is 10.00. The minimum Gasteiger partial charge on any atom is -0.467 e. The SMILES string of the molecule is CC1CCN(c2nnc(SCC(=O)N(CC#N)c3ccccc3)n2Cc2ccco2)CC1. The molecule has 0 unspecified atom stereocenters. The predicted molar refractivity (Wildman–Crippen MR) is 124 cm³/mol. The molecule has 1 amide bonds. The van der Waals surface area contributed by atoms with Crippen LogP contribution in [0.5, 0.6) is 0 Å². The molecule has 0 bridgehead atoms. The lowest BCUT2D eigenvalue weighted by Crippen LogP contribution is -2.35. The van der Waals surface area contributed by atoms with Crippen LogP contribution < -0.4 is 9.80 Å². The van der Waals surface area contributed by atoms with E-state index in [-0.39, 0.29) is 18.2 Å². The lowest BCUT2D eigenvalue weighted by Gasteiger charge is -2.31. The number of anilines is 2. The number of hydrogen-bond acceptors (Lipinski definition) is 7. The maximum atomic E-state index is 12.9. The van der Waals surface area contributed by atoms with E-state index in [1.54, 1.807) is 6.26 Å². The third kappa shape index (κ3) is 5.14. The van der Waals surface area contributed by atoms with Crippen LogP contribution >= 0.6 is 11.8 Å². The molecule has 1 aliphatic rings. The summed E-state index contributed by atoms with van der Waals surface area (Å²) in [5.41, 5.74) is 0.708. The van der Waals surface area contributed by atoms with E-state index in [9.17, 15) is 10.1 Å². The second kappa shape index (κ2) is 10.4. The number of piperidine rings is 1. The van der Waals surface area contributed by atoms with Gasteiger partial charge in [0, 0.05) is 18.8 Å². The normalized spacial score (nSPS) is 14.3. The van der Waals surface area contributed by atoms with Crippen LogP contribution in [0.4, 0.5) is 11.6 Å². The predicted octanol–water partition coefficient (Wildman–Crippen LogP) is 3.80. The number of para-hydroxylation sites is 1. The van der Waals surface area contributed by atoms with Crippen LogP contribution in [-0.4, -0.2) is 46.1 Å². The molecule has 32 heavy (non-hydrogen) atoms. The fourth-order valence-corrected chi connectivity index (χ4v) is 4.54. The summed E-state index contributed by atoms with van der Waals surface area (Å²) >= 11 is 1.33. The van der Waals surface area contributed by atoms with Gasteiger partial charge < -0.3 is 9.32 Å². The van der Waals surface area contributed by atoms with Crippen molar-refractivity contribution in [1.82, 2.24) is 14.8 Å². The fourth-order valence-electron chi connectivity index (χ4n) is 3.73. The zero-order valence-electron chi connectivity index (χ0n) is 18.1. The van der Waals surface area contributed by atoms with Crippen molar-refractivity contribution < 1.29 is 9.21 Å². The molecule has 3 heterocycles.